The maximum absolute atomic E-state index is 5.60. The average Bonchev–Trinajstić information content (AvgIpc) is 3.23. The second kappa shape index (κ2) is 11.4. The standard InChI is InChI=1S/C22H26N4O3.HI/c1-15-5-7-16(8-6-15)21-26-18(14-29-21)13-25-22(23-2)24-12-17-9-10-19(27-3)11-20(17)28-4;/h5-11,14H,12-13H2,1-4H3,(H2,23,24,25);1H. The Balaban J connectivity index is 0.00000320. The Morgan fingerprint density at radius 1 is 1.03 bits per heavy atom. The lowest BCUT2D eigenvalue weighted by Crippen LogP contribution is -2.36. The zero-order valence-electron chi connectivity index (χ0n) is 17.6. The van der Waals surface area contributed by atoms with Gasteiger partial charge in [0, 0.05) is 30.8 Å². The lowest BCUT2D eigenvalue weighted by molar-refractivity contribution is 0.390. The molecule has 0 saturated carbocycles. The minimum atomic E-state index is 0. The van der Waals surface area contributed by atoms with Crippen LogP contribution in [0.4, 0.5) is 0 Å². The molecule has 7 nitrogen and oxygen atoms in total. The summed E-state index contributed by atoms with van der Waals surface area (Å²) in [6.07, 6.45) is 1.65. The van der Waals surface area contributed by atoms with E-state index in [-0.39, 0.29) is 24.0 Å². The van der Waals surface area contributed by atoms with Crippen LogP contribution in [0, 0.1) is 6.92 Å². The second-order valence-electron chi connectivity index (χ2n) is 6.47. The number of benzene rings is 2. The van der Waals surface area contributed by atoms with E-state index >= 15 is 0 Å². The molecule has 0 fully saturated rings. The fraction of sp³-hybridized carbons (Fsp3) is 0.273. The number of ether oxygens (including phenoxy) is 2. The van der Waals surface area contributed by atoms with Crippen molar-refractivity contribution in [1.29, 1.82) is 0 Å². The molecule has 3 aromatic rings. The Morgan fingerprint density at radius 2 is 1.77 bits per heavy atom. The van der Waals surface area contributed by atoms with Gasteiger partial charge in [-0.3, -0.25) is 4.99 Å². The van der Waals surface area contributed by atoms with E-state index in [4.69, 9.17) is 13.9 Å². The van der Waals surface area contributed by atoms with Gasteiger partial charge in [0.1, 0.15) is 17.8 Å². The number of nitrogens with zero attached hydrogens (tertiary/aromatic N) is 2. The van der Waals surface area contributed by atoms with Crippen molar-refractivity contribution in [1.82, 2.24) is 15.6 Å². The molecule has 0 radical (unpaired) electrons. The highest BCUT2D eigenvalue weighted by molar-refractivity contribution is 14.0. The lowest BCUT2D eigenvalue weighted by Gasteiger charge is -2.14. The van der Waals surface area contributed by atoms with E-state index in [0.29, 0.717) is 24.9 Å². The van der Waals surface area contributed by atoms with Crippen molar-refractivity contribution in [3.05, 3.63) is 65.5 Å². The first kappa shape index (κ1) is 23.5. The van der Waals surface area contributed by atoms with Crippen molar-refractivity contribution in [2.75, 3.05) is 21.3 Å². The van der Waals surface area contributed by atoms with E-state index in [1.807, 2.05) is 42.5 Å². The summed E-state index contributed by atoms with van der Waals surface area (Å²) < 4.78 is 16.3. The van der Waals surface area contributed by atoms with Gasteiger partial charge in [-0.05, 0) is 31.2 Å². The zero-order chi connectivity index (χ0) is 20.6. The minimum Gasteiger partial charge on any atom is -0.497 e. The van der Waals surface area contributed by atoms with E-state index in [9.17, 15) is 0 Å². The van der Waals surface area contributed by atoms with E-state index in [0.717, 1.165) is 28.3 Å². The van der Waals surface area contributed by atoms with Gasteiger partial charge in [-0.2, -0.15) is 0 Å². The molecule has 1 heterocycles. The summed E-state index contributed by atoms with van der Waals surface area (Å²) in [6, 6.07) is 13.8. The predicted octanol–water partition coefficient (Wildman–Crippen LogP) is 4.15. The molecule has 160 valence electrons. The molecule has 2 aromatic carbocycles. The molecule has 0 amide bonds. The molecule has 0 spiro atoms. The third kappa shape index (κ3) is 6.12. The van der Waals surface area contributed by atoms with Gasteiger partial charge in [-0.15, -0.1) is 24.0 Å². The number of hydrogen-bond donors (Lipinski definition) is 2. The van der Waals surface area contributed by atoms with Gasteiger partial charge in [0.25, 0.3) is 0 Å². The molecule has 0 atom stereocenters. The van der Waals surface area contributed by atoms with Gasteiger partial charge < -0.3 is 24.5 Å². The first-order chi connectivity index (χ1) is 14.1. The van der Waals surface area contributed by atoms with Gasteiger partial charge in [0.05, 0.1) is 26.5 Å². The number of aliphatic imine (C=N–C) groups is 1. The highest BCUT2D eigenvalue weighted by Crippen LogP contribution is 2.24. The van der Waals surface area contributed by atoms with Crippen molar-refractivity contribution in [3.8, 4) is 23.0 Å². The van der Waals surface area contributed by atoms with Crippen molar-refractivity contribution >= 4 is 29.9 Å². The van der Waals surface area contributed by atoms with E-state index in [1.165, 1.54) is 5.56 Å². The summed E-state index contributed by atoms with van der Waals surface area (Å²) in [7, 11) is 5.00. The van der Waals surface area contributed by atoms with Gasteiger partial charge in [-0.1, -0.05) is 17.7 Å². The Morgan fingerprint density at radius 3 is 2.43 bits per heavy atom. The summed E-state index contributed by atoms with van der Waals surface area (Å²) >= 11 is 0. The van der Waals surface area contributed by atoms with Crippen molar-refractivity contribution in [2.45, 2.75) is 20.0 Å². The molecule has 0 unspecified atom stereocenters. The summed E-state index contributed by atoms with van der Waals surface area (Å²) in [5.41, 5.74) is 3.95. The SMILES string of the molecule is CN=C(NCc1coc(-c2ccc(C)cc2)n1)NCc1ccc(OC)cc1OC.I. The van der Waals surface area contributed by atoms with Crippen LogP contribution in [0.25, 0.3) is 11.5 Å². The summed E-state index contributed by atoms with van der Waals surface area (Å²) in [5, 5.41) is 6.51. The monoisotopic (exact) mass is 522 g/mol. The molecular weight excluding hydrogens is 495 g/mol. The van der Waals surface area contributed by atoms with Crippen LogP contribution in [-0.2, 0) is 13.1 Å². The van der Waals surface area contributed by atoms with Crippen LogP contribution in [0.2, 0.25) is 0 Å². The Labute approximate surface area is 193 Å². The summed E-state index contributed by atoms with van der Waals surface area (Å²) in [4.78, 5) is 8.79. The second-order valence-corrected chi connectivity index (χ2v) is 6.47. The number of methoxy groups -OCH3 is 2. The van der Waals surface area contributed by atoms with Crippen molar-refractivity contribution in [2.24, 2.45) is 4.99 Å². The molecule has 1 aromatic heterocycles. The van der Waals surface area contributed by atoms with Crippen LogP contribution in [0.5, 0.6) is 11.5 Å². The maximum Gasteiger partial charge on any atom is 0.226 e. The highest BCUT2D eigenvalue weighted by atomic mass is 127. The van der Waals surface area contributed by atoms with E-state index in [2.05, 4.69) is 27.5 Å². The van der Waals surface area contributed by atoms with Crippen LogP contribution in [0.3, 0.4) is 0 Å². The number of aromatic nitrogens is 1. The normalized spacial score (nSPS) is 10.9. The molecule has 0 saturated heterocycles. The molecule has 2 N–H and O–H groups in total. The Hall–Kier alpha value is -2.75. The first-order valence-electron chi connectivity index (χ1n) is 9.29. The summed E-state index contributed by atoms with van der Waals surface area (Å²) in [5.74, 6) is 2.77. The summed E-state index contributed by atoms with van der Waals surface area (Å²) in [6.45, 7) is 3.10. The first-order valence-corrected chi connectivity index (χ1v) is 9.29. The number of oxazole rings is 1. The van der Waals surface area contributed by atoms with Gasteiger partial charge >= 0.3 is 0 Å². The minimum absolute atomic E-state index is 0. The van der Waals surface area contributed by atoms with Crippen LogP contribution < -0.4 is 20.1 Å². The van der Waals surface area contributed by atoms with Crippen LogP contribution in [0.15, 0.2) is 58.1 Å². The van der Waals surface area contributed by atoms with Crippen LogP contribution in [-0.4, -0.2) is 32.2 Å². The molecule has 0 aliphatic carbocycles. The number of rotatable bonds is 7. The van der Waals surface area contributed by atoms with Crippen molar-refractivity contribution in [3.63, 3.8) is 0 Å². The lowest BCUT2D eigenvalue weighted by atomic mass is 10.1. The molecule has 8 heteroatoms. The van der Waals surface area contributed by atoms with E-state index < -0.39 is 0 Å². The number of aryl methyl sites for hydroxylation is 1. The smallest absolute Gasteiger partial charge is 0.226 e. The predicted molar refractivity (Wildman–Crippen MR) is 129 cm³/mol. The molecule has 0 aliphatic heterocycles. The molecule has 30 heavy (non-hydrogen) atoms. The molecular formula is C22H27IN4O3. The van der Waals surface area contributed by atoms with E-state index in [1.54, 1.807) is 27.5 Å². The largest absolute Gasteiger partial charge is 0.497 e. The Bertz CT molecular complexity index is 971. The fourth-order valence-electron chi connectivity index (χ4n) is 2.79. The van der Waals surface area contributed by atoms with Gasteiger partial charge in [0.15, 0.2) is 5.96 Å². The topological polar surface area (TPSA) is 80.9 Å². The molecule has 0 bridgehead atoms. The maximum atomic E-state index is 5.60. The van der Waals surface area contributed by atoms with Crippen LogP contribution >= 0.6 is 24.0 Å². The fourth-order valence-corrected chi connectivity index (χ4v) is 2.79. The number of guanidine groups is 1. The Kier molecular flexibility index (Phi) is 8.97. The number of halogens is 1. The zero-order valence-corrected chi connectivity index (χ0v) is 19.9. The quantitative estimate of drug-likeness (QED) is 0.276. The van der Waals surface area contributed by atoms with Crippen molar-refractivity contribution < 1.29 is 13.9 Å². The average molecular weight is 522 g/mol. The third-order valence-electron chi connectivity index (χ3n) is 4.45. The third-order valence-corrected chi connectivity index (χ3v) is 4.45. The number of nitrogens with one attached hydrogen (secondary N) is 2. The van der Waals surface area contributed by atoms with Crippen LogP contribution in [0.1, 0.15) is 16.8 Å². The molecule has 3 rings (SSSR count). The van der Waals surface area contributed by atoms with Gasteiger partial charge in [0.2, 0.25) is 5.89 Å². The van der Waals surface area contributed by atoms with Gasteiger partial charge in [-0.25, -0.2) is 4.98 Å². The molecule has 0 aliphatic rings. The highest BCUT2D eigenvalue weighted by Gasteiger charge is 2.09. The number of hydrogen-bond acceptors (Lipinski definition) is 5.